The molecule has 0 radical (unpaired) electrons. The smallest absolute Gasteiger partial charge is 0.234 e. The fourth-order valence-corrected chi connectivity index (χ4v) is 2.45. The predicted molar refractivity (Wildman–Crippen MR) is 84.6 cm³/mol. The van der Waals surface area contributed by atoms with Crippen LogP contribution in [0.4, 0.5) is 11.4 Å². The van der Waals surface area contributed by atoms with Gasteiger partial charge in [-0.05, 0) is 37.4 Å². The Kier molecular flexibility index (Phi) is 7.36. The van der Waals surface area contributed by atoms with Gasteiger partial charge in [-0.25, -0.2) is 0 Å². The lowest BCUT2D eigenvalue weighted by Crippen LogP contribution is -2.26. The minimum atomic E-state index is 0.0364. The van der Waals surface area contributed by atoms with Gasteiger partial charge in [-0.2, -0.15) is 11.8 Å². The molecular weight excluding hydrogens is 258 g/mol. The van der Waals surface area contributed by atoms with E-state index in [1.54, 1.807) is 23.9 Å². The molecule has 0 aliphatic carbocycles. The van der Waals surface area contributed by atoms with Crippen molar-refractivity contribution < 1.29 is 4.79 Å². The number of thioether (sulfide) groups is 1. The monoisotopic (exact) mass is 281 g/mol. The molecule has 1 amide bonds. The average molecular weight is 281 g/mol. The second kappa shape index (κ2) is 8.82. The standard InChI is InChI=1S/C14H23N3OS/c1-3-17(4-2)9-10-19-11-14(18)16-13-7-5-12(15)6-8-13/h5-8H,3-4,9-11,15H2,1-2H3,(H,16,18). The van der Waals surface area contributed by atoms with Crippen LogP contribution in [0.2, 0.25) is 0 Å². The molecule has 5 heteroatoms. The Morgan fingerprint density at radius 3 is 2.47 bits per heavy atom. The molecule has 0 heterocycles. The van der Waals surface area contributed by atoms with Gasteiger partial charge in [0.2, 0.25) is 5.91 Å². The number of carbonyl (C=O) groups excluding carboxylic acids is 1. The van der Waals surface area contributed by atoms with E-state index in [1.165, 1.54) is 0 Å². The van der Waals surface area contributed by atoms with Crippen LogP contribution in [-0.2, 0) is 4.79 Å². The third kappa shape index (κ3) is 6.50. The molecule has 0 spiro atoms. The van der Waals surface area contributed by atoms with Crippen molar-refractivity contribution in [3.05, 3.63) is 24.3 Å². The molecule has 0 atom stereocenters. The molecule has 4 nitrogen and oxygen atoms in total. The third-order valence-electron chi connectivity index (χ3n) is 2.87. The Morgan fingerprint density at radius 2 is 1.89 bits per heavy atom. The predicted octanol–water partition coefficient (Wildman–Crippen LogP) is 2.28. The molecule has 0 aliphatic heterocycles. The summed E-state index contributed by atoms with van der Waals surface area (Å²) in [6.07, 6.45) is 0. The molecule has 106 valence electrons. The number of anilines is 2. The van der Waals surface area contributed by atoms with Gasteiger partial charge in [0.05, 0.1) is 5.75 Å². The van der Waals surface area contributed by atoms with Gasteiger partial charge in [0, 0.05) is 23.7 Å². The fraction of sp³-hybridized carbons (Fsp3) is 0.500. The maximum atomic E-state index is 11.7. The van der Waals surface area contributed by atoms with Crippen LogP contribution < -0.4 is 11.1 Å². The highest BCUT2D eigenvalue weighted by molar-refractivity contribution is 7.99. The number of nitrogen functional groups attached to an aromatic ring is 1. The molecule has 0 bridgehead atoms. The van der Waals surface area contributed by atoms with Gasteiger partial charge in [0.25, 0.3) is 0 Å². The van der Waals surface area contributed by atoms with E-state index in [0.29, 0.717) is 11.4 Å². The number of hydrogen-bond acceptors (Lipinski definition) is 4. The molecular formula is C14H23N3OS. The van der Waals surface area contributed by atoms with Gasteiger partial charge in [0.1, 0.15) is 0 Å². The van der Waals surface area contributed by atoms with E-state index >= 15 is 0 Å². The second-order valence-electron chi connectivity index (χ2n) is 4.25. The van der Waals surface area contributed by atoms with Crippen LogP contribution in [0.3, 0.4) is 0 Å². The van der Waals surface area contributed by atoms with Crippen LogP contribution in [0.25, 0.3) is 0 Å². The second-order valence-corrected chi connectivity index (χ2v) is 5.35. The van der Waals surface area contributed by atoms with Crippen molar-refractivity contribution in [1.82, 2.24) is 4.90 Å². The van der Waals surface area contributed by atoms with Crippen molar-refractivity contribution in [3.63, 3.8) is 0 Å². The number of nitrogens with two attached hydrogens (primary N) is 1. The summed E-state index contributed by atoms with van der Waals surface area (Å²) in [6.45, 7) is 7.47. The number of hydrogen-bond donors (Lipinski definition) is 2. The van der Waals surface area contributed by atoms with Crippen LogP contribution in [0.5, 0.6) is 0 Å². The summed E-state index contributed by atoms with van der Waals surface area (Å²) in [6, 6.07) is 7.19. The van der Waals surface area contributed by atoms with Crippen molar-refractivity contribution in [2.45, 2.75) is 13.8 Å². The maximum Gasteiger partial charge on any atom is 0.234 e. The number of amides is 1. The van der Waals surface area contributed by atoms with Gasteiger partial charge < -0.3 is 16.0 Å². The van der Waals surface area contributed by atoms with E-state index in [1.807, 2.05) is 12.1 Å². The lowest BCUT2D eigenvalue weighted by atomic mass is 10.3. The molecule has 0 saturated heterocycles. The largest absolute Gasteiger partial charge is 0.399 e. The molecule has 1 aromatic rings. The molecule has 0 aromatic heterocycles. The Bertz CT molecular complexity index is 377. The van der Waals surface area contributed by atoms with Crippen molar-refractivity contribution >= 4 is 29.0 Å². The molecule has 0 fully saturated rings. The Morgan fingerprint density at radius 1 is 1.26 bits per heavy atom. The average Bonchev–Trinajstić information content (AvgIpc) is 2.42. The third-order valence-corrected chi connectivity index (χ3v) is 3.81. The van der Waals surface area contributed by atoms with Crippen LogP contribution >= 0.6 is 11.8 Å². The summed E-state index contributed by atoms with van der Waals surface area (Å²) in [5, 5.41) is 2.86. The highest BCUT2D eigenvalue weighted by Crippen LogP contribution is 2.11. The number of benzene rings is 1. The van der Waals surface area contributed by atoms with Gasteiger partial charge >= 0.3 is 0 Å². The summed E-state index contributed by atoms with van der Waals surface area (Å²) < 4.78 is 0. The summed E-state index contributed by atoms with van der Waals surface area (Å²) in [4.78, 5) is 14.1. The molecule has 0 unspecified atom stereocenters. The van der Waals surface area contributed by atoms with E-state index < -0.39 is 0 Å². The van der Waals surface area contributed by atoms with Crippen LogP contribution in [0.15, 0.2) is 24.3 Å². The van der Waals surface area contributed by atoms with E-state index in [-0.39, 0.29) is 5.91 Å². The molecule has 0 saturated carbocycles. The molecule has 3 N–H and O–H groups in total. The van der Waals surface area contributed by atoms with Crippen molar-refractivity contribution in [2.24, 2.45) is 0 Å². The quantitative estimate of drug-likeness (QED) is 0.567. The van der Waals surface area contributed by atoms with Gasteiger partial charge in [-0.3, -0.25) is 4.79 Å². The summed E-state index contributed by atoms with van der Waals surface area (Å²) in [7, 11) is 0. The normalized spacial score (nSPS) is 10.7. The minimum absolute atomic E-state index is 0.0364. The summed E-state index contributed by atoms with van der Waals surface area (Å²) in [5.41, 5.74) is 7.08. The van der Waals surface area contributed by atoms with Crippen molar-refractivity contribution in [1.29, 1.82) is 0 Å². The van der Waals surface area contributed by atoms with Gasteiger partial charge in [-0.15, -0.1) is 0 Å². The zero-order chi connectivity index (χ0) is 14.1. The van der Waals surface area contributed by atoms with Crippen LogP contribution in [-0.4, -0.2) is 41.9 Å². The van der Waals surface area contributed by atoms with E-state index in [9.17, 15) is 4.79 Å². The minimum Gasteiger partial charge on any atom is -0.399 e. The van der Waals surface area contributed by atoms with Crippen LogP contribution in [0.1, 0.15) is 13.8 Å². The summed E-state index contributed by atoms with van der Waals surface area (Å²) in [5.74, 6) is 1.51. The molecule has 1 aromatic carbocycles. The molecule has 19 heavy (non-hydrogen) atoms. The molecule has 0 aliphatic rings. The first-order valence-electron chi connectivity index (χ1n) is 6.61. The highest BCUT2D eigenvalue weighted by Gasteiger charge is 2.04. The highest BCUT2D eigenvalue weighted by atomic mass is 32.2. The SMILES string of the molecule is CCN(CC)CCSCC(=O)Nc1ccc(N)cc1. The summed E-state index contributed by atoms with van der Waals surface area (Å²) >= 11 is 1.66. The lowest BCUT2D eigenvalue weighted by Gasteiger charge is -2.17. The zero-order valence-corrected chi connectivity index (χ0v) is 12.5. The molecule has 1 rings (SSSR count). The van der Waals surface area contributed by atoms with Crippen LogP contribution in [0, 0.1) is 0 Å². The topological polar surface area (TPSA) is 58.4 Å². The van der Waals surface area contributed by atoms with E-state index in [4.69, 9.17) is 5.73 Å². The Balaban J connectivity index is 2.19. The van der Waals surface area contributed by atoms with Gasteiger partial charge in [-0.1, -0.05) is 13.8 Å². The number of carbonyl (C=O) groups is 1. The Hall–Kier alpha value is -1.20. The first kappa shape index (κ1) is 15.9. The zero-order valence-electron chi connectivity index (χ0n) is 11.7. The number of rotatable bonds is 8. The van der Waals surface area contributed by atoms with Gasteiger partial charge in [0.15, 0.2) is 0 Å². The van der Waals surface area contributed by atoms with E-state index in [2.05, 4.69) is 24.1 Å². The van der Waals surface area contributed by atoms with Crippen molar-refractivity contribution in [2.75, 3.05) is 42.2 Å². The lowest BCUT2D eigenvalue weighted by molar-refractivity contribution is -0.113. The maximum absolute atomic E-state index is 11.7. The van der Waals surface area contributed by atoms with Crippen molar-refractivity contribution in [3.8, 4) is 0 Å². The number of nitrogens with zero attached hydrogens (tertiary/aromatic N) is 1. The first-order chi connectivity index (χ1) is 9.15. The fourth-order valence-electron chi connectivity index (χ4n) is 1.66. The van der Waals surface area contributed by atoms with E-state index in [0.717, 1.165) is 31.1 Å². The first-order valence-corrected chi connectivity index (χ1v) is 7.76. The Labute approximate surface area is 119 Å². The number of nitrogens with one attached hydrogen (secondary N) is 1.